The number of allylic oxidation sites excluding steroid dienone is 1. The summed E-state index contributed by atoms with van der Waals surface area (Å²) in [6.45, 7) is 3.82. The van der Waals surface area contributed by atoms with E-state index in [0.717, 1.165) is 19.4 Å². The third-order valence-corrected chi connectivity index (χ3v) is 3.44. The van der Waals surface area contributed by atoms with E-state index in [-0.39, 0.29) is 0 Å². The van der Waals surface area contributed by atoms with E-state index in [9.17, 15) is 4.39 Å². The van der Waals surface area contributed by atoms with Crippen LogP contribution in [-0.2, 0) is 0 Å². The van der Waals surface area contributed by atoms with E-state index >= 15 is 0 Å². The number of halogens is 1. The van der Waals surface area contributed by atoms with E-state index in [0.29, 0.717) is 12.6 Å². The van der Waals surface area contributed by atoms with Crippen LogP contribution in [0.5, 0.6) is 0 Å². The number of likely N-dealkylation sites (tertiary alicyclic amines) is 1. The van der Waals surface area contributed by atoms with Crippen molar-refractivity contribution in [2.45, 2.75) is 51.2 Å². The van der Waals surface area contributed by atoms with Crippen LogP contribution in [0.15, 0.2) is 11.6 Å². The molecule has 0 aromatic heterocycles. The number of hydrogen-bond acceptors (Lipinski definition) is 1. The molecule has 1 aliphatic carbocycles. The van der Waals surface area contributed by atoms with Crippen molar-refractivity contribution in [1.82, 2.24) is 4.90 Å². The van der Waals surface area contributed by atoms with Gasteiger partial charge in [0.25, 0.3) is 0 Å². The summed E-state index contributed by atoms with van der Waals surface area (Å²) in [5.74, 6) is 0. The largest absolute Gasteiger partial charge is 0.294 e. The molecule has 1 aliphatic heterocycles. The summed E-state index contributed by atoms with van der Waals surface area (Å²) in [7, 11) is 0. The zero-order valence-corrected chi connectivity index (χ0v) is 9.01. The topological polar surface area (TPSA) is 3.24 Å². The van der Waals surface area contributed by atoms with E-state index < -0.39 is 6.17 Å². The molecule has 2 heteroatoms. The Labute approximate surface area is 86.0 Å². The third-order valence-electron chi connectivity index (χ3n) is 3.44. The predicted molar refractivity (Wildman–Crippen MR) is 57.1 cm³/mol. The van der Waals surface area contributed by atoms with Gasteiger partial charge in [-0.1, -0.05) is 18.6 Å². The Morgan fingerprint density at radius 1 is 1.50 bits per heavy atom. The molecule has 2 aliphatic rings. The highest BCUT2D eigenvalue weighted by Gasteiger charge is 2.32. The summed E-state index contributed by atoms with van der Waals surface area (Å²) < 4.78 is 13.1. The number of hydrogen-bond donors (Lipinski definition) is 0. The van der Waals surface area contributed by atoms with E-state index in [4.69, 9.17) is 0 Å². The van der Waals surface area contributed by atoms with Crippen molar-refractivity contribution in [3.05, 3.63) is 11.6 Å². The minimum absolute atomic E-state index is 0.571. The first-order valence-corrected chi connectivity index (χ1v) is 5.88. The van der Waals surface area contributed by atoms with Crippen molar-refractivity contribution in [2.24, 2.45) is 0 Å². The molecule has 0 bridgehead atoms. The molecule has 1 nitrogen and oxygen atoms in total. The number of alkyl halides is 1. The maximum Gasteiger partial charge on any atom is 0.114 e. The molecule has 2 fully saturated rings. The van der Waals surface area contributed by atoms with Crippen molar-refractivity contribution < 1.29 is 4.39 Å². The average Bonchev–Trinajstić information content (AvgIpc) is 2.74. The molecule has 0 N–H and O–H groups in total. The summed E-state index contributed by atoms with van der Waals surface area (Å²) in [5, 5.41) is 0. The Morgan fingerprint density at radius 3 is 3.00 bits per heavy atom. The van der Waals surface area contributed by atoms with Gasteiger partial charge in [0.1, 0.15) is 6.17 Å². The van der Waals surface area contributed by atoms with Crippen molar-refractivity contribution >= 4 is 0 Å². The monoisotopic (exact) mass is 197 g/mol. The fourth-order valence-electron chi connectivity index (χ4n) is 2.79. The highest BCUT2D eigenvalue weighted by molar-refractivity contribution is 5.16. The maximum atomic E-state index is 13.1. The fourth-order valence-corrected chi connectivity index (χ4v) is 2.79. The summed E-state index contributed by atoms with van der Waals surface area (Å²) in [4.78, 5) is 2.35. The van der Waals surface area contributed by atoms with Gasteiger partial charge in [-0.05, 0) is 32.1 Å². The Kier molecular flexibility index (Phi) is 3.22. The second kappa shape index (κ2) is 4.43. The molecule has 0 amide bonds. The molecule has 1 heterocycles. The lowest BCUT2D eigenvalue weighted by Gasteiger charge is -2.24. The van der Waals surface area contributed by atoms with E-state index in [1.807, 2.05) is 0 Å². The second-order valence-electron chi connectivity index (χ2n) is 4.48. The van der Waals surface area contributed by atoms with Gasteiger partial charge >= 0.3 is 0 Å². The minimum Gasteiger partial charge on any atom is -0.294 e. The van der Waals surface area contributed by atoms with Gasteiger partial charge in [-0.3, -0.25) is 4.90 Å². The molecule has 2 atom stereocenters. The fraction of sp³-hybridized carbons (Fsp3) is 0.833. The van der Waals surface area contributed by atoms with Crippen LogP contribution in [0.25, 0.3) is 0 Å². The van der Waals surface area contributed by atoms with Crippen molar-refractivity contribution in [3.63, 3.8) is 0 Å². The molecule has 2 rings (SSSR count). The molecule has 0 aromatic rings. The highest BCUT2D eigenvalue weighted by Crippen LogP contribution is 2.32. The second-order valence-corrected chi connectivity index (χ2v) is 4.48. The Balaban J connectivity index is 1.99. The lowest BCUT2D eigenvalue weighted by atomic mass is 10.1. The van der Waals surface area contributed by atoms with Crippen LogP contribution in [-0.4, -0.2) is 30.2 Å². The van der Waals surface area contributed by atoms with Gasteiger partial charge in [-0.2, -0.15) is 0 Å². The quantitative estimate of drug-likeness (QED) is 0.615. The van der Waals surface area contributed by atoms with Gasteiger partial charge in [-0.15, -0.1) is 0 Å². The molecule has 0 spiro atoms. The zero-order valence-electron chi connectivity index (χ0n) is 9.01. The van der Waals surface area contributed by atoms with Gasteiger partial charge in [0, 0.05) is 19.1 Å². The van der Waals surface area contributed by atoms with Crippen molar-refractivity contribution in [3.8, 4) is 0 Å². The number of nitrogens with zero attached hydrogens (tertiary/aromatic N) is 1. The predicted octanol–water partition coefficient (Wildman–Crippen LogP) is 2.92. The summed E-state index contributed by atoms with van der Waals surface area (Å²) in [5.41, 5.74) is 1.57. The SMILES string of the molecule is CC/C=C1\CCCC1N1CCC(F)C1. The van der Waals surface area contributed by atoms with E-state index in [2.05, 4.69) is 17.9 Å². The first-order valence-electron chi connectivity index (χ1n) is 5.88. The molecule has 80 valence electrons. The van der Waals surface area contributed by atoms with Crippen LogP contribution in [0.3, 0.4) is 0 Å². The van der Waals surface area contributed by atoms with Crippen molar-refractivity contribution in [1.29, 1.82) is 0 Å². The minimum atomic E-state index is -0.571. The molecule has 1 saturated carbocycles. The standard InChI is InChI=1S/C12H20FN/c1-2-4-10-5-3-6-12(10)14-8-7-11(13)9-14/h4,11-12H,2-3,5-9H2,1H3/b10-4+. The van der Waals surface area contributed by atoms with Crippen LogP contribution in [0, 0.1) is 0 Å². The van der Waals surface area contributed by atoms with Gasteiger partial charge in [0.05, 0.1) is 0 Å². The lowest BCUT2D eigenvalue weighted by Crippen LogP contribution is -2.32. The number of rotatable bonds is 2. The van der Waals surface area contributed by atoms with Gasteiger partial charge < -0.3 is 0 Å². The Bertz CT molecular complexity index is 224. The maximum absolute atomic E-state index is 13.1. The van der Waals surface area contributed by atoms with Crippen LogP contribution in [0.1, 0.15) is 39.0 Å². The Hall–Kier alpha value is -0.370. The van der Waals surface area contributed by atoms with Crippen LogP contribution in [0.4, 0.5) is 4.39 Å². The molecule has 2 unspecified atom stereocenters. The van der Waals surface area contributed by atoms with E-state index in [1.54, 1.807) is 5.57 Å². The third kappa shape index (κ3) is 2.00. The molecule has 0 radical (unpaired) electrons. The van der Waals surface area contributed by atoms with Gasteiger partial charge in [0.15, 0.2) is 0 Å². The summed E-state index contributed by atoms with van der Waals surface area (Å²) >= 11 is 0. The lowest BCUT2D eigenvalue weighted by molar-refractivity contribution is 0.247. The van der Waals surface area contributed by atoms with E-state index in [1.165, 1.54) is 19.3 Å². The Morgan fingerprint density at radius 2 is 2.36 bits per heavy atom. The first kappa shape index (κ1) is 10.2. The molecular weight excluding hydrogens is 177 g/mol. The average molecular weight is 197 g/mol. The first-order chi connectivity index (χ1) is 6.81. The smallest absolute Gasteiger partial charge is 0.114 e. The highest BCUT2D eigenvalue weighted by atomic mass is 19.1. The van der Waals surface area contributed by atoms with Gasteiger partial charge in [-0.25, -0.2) is 4.39 Å². The molecule has 0 aromatic carbocycles. The zero-order chi connectivity index (χ0) is 9.97. The molecular formula is C12H20FN. The van der Waals surface area contributed by atoms with Crippen LogP contribution >= 0.6 is 0 Å². The van der Waals surface area contributed by atoms with Crippen molar-refractivity contribution in [2.75, 3.05) is 13.1 Å². The molecule has 1 saturated heterocycles. The van der Waals surface area contributed by atoms with Crippen LogP contribution < -0.4 is 0 Å². The van der Waals surface area contributed by atoms with Gasteiger partial charge in [0.2, 0.25) is 0 Å². The summed E-state index contributed by atoms with van der Waals surface area (Å²) in [6.07, 6.45) is 7.44. The molecule has 14 heavy (non-hydrogen) atoms. The normalized spacial score (nSPS) is 37.1. The van der Waals surface area contributed by atoms with Crippen LogP contribution in [0.2, 0.25) is 0 Å². The summed E-state index contributed by atoms with van der Waals surface area (Å²) in [6, 6.07) is 0.579.